The van der Waals surface area contributed by atoms with Crippen LogP contribution in [0.15, 0.2) is 11.6 Å². The van der Waals surface area contributed by atoms with Crippen LogP contribution in [0.2, 0.25) is 0 Å². The molecular weight excluding hydrogens is 330 g/mol. The Morgan fingerprint density at radius 1 is 1.55 bits per heavy atom. The molecule has 0 radical (unpaired) electrons. The van der Waals surface area contributed by atoms with Gasteiger partial charge in [-0.2, -0.15) is 9.38 Å². The average molecular weight is 345 g/mol. The number of aromatic nitrogens is 2. The van der Waals surface area contributed by atoms with Gasteiger partial charge in [-0.05, 0) is 17.8 Å². The van der Waals surface area contributed by atoms with E-state index in [0.717, 1.165) is 6.42 Å². The van der Waals surface area contributed by atoms with Crippen molar-refractivity contribution in [3.63, 3.8) is 0 Å². The molecule has 11 heteroatoms. The smallest absolute Gasteiger partial charge is 0.359 e. The number of hydrogen-bond acceptors (Lipinski definition) is 7. The molecular formula is C11H15N5O4S2. The lowest BCUT2D eigenvalue weighted by Crippen LogP contribution is -2.44. The van der Waals surface area contributed by atoms with Gasteiger partial charge in [0.1, 0.15) is 6.20 Å². The fraction of sp³-hybridized carbons (Fsp3) is 0.545. The second-order valence-electron chi connectivity index (χ2n) is 5.20. The summed E-state index contributed by atoms with van der Waals surface area (Å²) in [5.74, 6) is 0.0740. The molecule has 0 spiro atoms. The largest absolute Gasteiger partial charge is 0.372 e. The number of nitrogens with one attached hydrogen (secondary N) is 1. The molecule has 0 aliphatic carbocycles. The predicted octanol–water partition coefficient (Wildman–Crippen LogP) is 1.14. The Bertz CT molecular complexity index is 812. The lowest BCUT2D eigenvalue weighted by molar-refractivity contribution is -0.389. The van der Waals surface area contributed by atoms with Crippen LogP contribution in [-0.2, 0) is 10.0 Å². The van der Waals surface area contributed by atoms with Crippen molar-refractivity contribution in [1.29, 1.82) is 0 Å². The molecule has 0 aromatic carbocycles. The van der Waals surface area contributed by atoms with Gasteiger partial charge in [-0.1, -0.05) is 11.3 Å². The topological polar surface area (TPSA) is 110 Å². The number of fused-ring (bicyclic) bond motifs is 1. The first-order valence-electron chi connectivity index (χ1n) is 6.68. The van der Waals surface area contributed by atoms with Gasteiger partial charge in [-0.3, -0.25) is 0 Å². The van der Waals surface area contributed by atoms with Gasteiger partial charge in [0.2, 0.25) is 15.8 Å². The first kappa shape index (κ1) is 15.2. The van der Waals surface area contributed by atoms with Crippen molar-refractivity contribution in [2.75, 3.05) is 24.7 Å². The van der Waals surface area contributed by atoms with Gasteiger partial charge in [-0.25, -0.2) is 12.7 Å². The maximum atomic E-state index is 11.6. The molecule has 1 fully saturated rings. The van der Waals surface area contributed by atoms with Gasteiger partial charge < -0.3 is 15.4 Å². The molecule has 120 valence electrons. The highest BCUT2D eigenvalue weighted by Crippen LogP contribution is 2.29. The summed E-state index contributed by atoms with van der Waals surface area (Å²) in [6.45, 7) is 0.776. The van der Waals surface area contributed by atoms with Gasteiger partial charge in [0, 0.05) is 24.5 Å². The van der Waals surface area contributed by atoms with Crippen molar-refractivity contribution in [2.45, 2.75) is 18.9 Å². The number of sulfonamides is 1. The highest BCUT2D eigenvalue weighted by Gasteiger charge is 2.30. The van der Waals surface area contributed by atoms with E-state index in [2.05, 4.69) is 10.3 Å². The minimum Gasteiger partial charge on any atom is -0.359 e. The molecule has 22 heavy (non-hydrogen) atoms. The summed E-state index contributed by atoms with van der Waals surface area (Å²) >= 11 is 1.31. The zero-order valence-corrected chi connectivity index (χ0v) is 13.4. The summed E-state index contributed by atoms with van der Waals surface area (Å²) in [6.07, 6.45) is 4.22. The van der Waals surface area contributed by atoms with Gasteiger partial charge in [0.15, 0.2) is 0 Å². The van der Waals surface area contributed by atoms with Crippen LogP contribution in [0.1, 0.15) is 12.8 Å². The highest BCUT2D eigenvalue weighted by atomic mass is 32.2. The third-order valence-corrected chi connectivity index (χ3v) is 5.63. The van der Waals surface area contributed by atoms with Crippen LogP contribution in [0.25, 0.3) is 4.96 Å². The SMILES string of the molecule is CS(=O)(=O)N1CCCC(Nc2nc3sccn3c2[N+](=O)[O-])C1. The normalized spacial score (nSPS) is 20.3. The molecule has 1 N–H and O–H groups in total. The fourth-order valence-corrected chi connectivity index (χ4v) is 4.22. The first-order chi connectivity index (χ1) is 10.4. The van der Waals surface area contributed by atoms with Crippen LogP contribution in [0.5, 0.6) is 0 Å². The predicted molar refractivity (Wildman–Crippen MR) is 82.8 cm³/mol. The van der Waals surface area contributed by atoms with E-state index in [1.807, 2.05) is 0 Å². The van der Waals surface area contributed by atoms with E-state index >= 15 is 0 Å². The fourth-order valence-electron chi connectivity index (χ4n) is 2.60. The number of nitro groups is 1. The number of piperidine rings is 1. The second kappa shape index (κ2) is 5.48. The zero-order chi connectivity index (χ0) is 15.9. The highest BCUT2D eigenvalue weighted by molar-refractivity contribution is 7.88. The van der Waals surface area contributed by atoms with Crippen molar-refractivity contribution >= 4 is 38.0 Å². The Morgan fingerprint density at radius 2 is 2.32 bits per heavy atom. The van der Waals surface area contributed by atoms with Crippen molar-refractivity contribution in [3.05, 3.63) is 21.7 Å². The van der Waals surface area contributed by atoms with Crippen LogP contribution in [-0.4, -0.2) is 52.4 Å². The molecule has 2 aromatic rings. The third-order valence-electron chi connectivity index (χ3n) is 3.60. The molecule has 1 aliphatic rings. The summed E-state index contributed by atoms with van der Waals surface area (Å²) in [4.78, 5) is 15.6. The second-order valence-corrected chi connectivity index (χ2v) is 8.06. The third kappa shape index (κ3) is 2.78. The van der Waals surface area contributed by atoms with E-state index < -0.39 is 14.9 Å². The lowest BCUT2D eigenvalue weighted by atomic mass is 10.1. The summed E-state index contributed by atoms with van der Waals surface area (Å²) in [6, 6.07) is -0.188. The van der Waals surface area contributed by atoms with Crippen LogP contribution in [0, 0.1) is 10.1 Å². The Morgan fingerprint density at radius 3 is 3.00 bits per heavy atom. The van der Waals surface area contributed by atoms with Crippen molar-refractivity contribution in [2.24, 2.45) is 0 Å². The summed E-state index contributed by atoms with van der Waals surface area (Å²) in [5.41, 5.74) is 0. The van der Waals surface area contributed by atoms with Crippen LogP contribution in [0.3, 0.4) is 0 Å². The molecule has 2 aromatic heterocycles. The number of hydrogen-bond donors (Lipinski definition) is 1. The molecule has 1 atom stereocenters. The van der Waals surface area contributed by atoms with E-state index in [-0.39, 0.29) is 17.7 Å². The number of rotatable bonds is 4. The standard InChI is InChI=1S/C11H15N5O4S2/c1-22(19,20)14-4-2-3-8(7-14)12-9-10(16(17)18)15-5-6-21-11(15)13-9/h5-6,8,12H,2-4,7H2,1H3. The number of thiazole rings is 1. The minimum atomic E-state index is -3.26. The molecule has 3 rings (SSSR count). The van der Waals surface area contributed by atoms with Crippen LogP contribution < -0.4 is 5.32 Å². The van der Waals surface area contributed by atoms with Crippen molar-refractivity contribution < 1.29 is 13.3 Å². The van der Waals surface area contributed by atoms with Gasteiger partial charge >= 0.3 is 5.82 Å². The minimum absolute atomic E-state index is 0.118. The molecule has 0 bridgehead atoms. The first-order valence-corrected chi connectivity index (χ1v) is 9.40. The lowest BCUT2D eigenvalue weighted by Gasteiger charge is -2.31. The van der Waals surface area contributed by atoms with E-state index in [0.29, 0.717) is 24.5 Å². The zero-order valence-electron chi connectivity index (χ0n) is 11.8. The number of imidazole rings is 1. The molecule has 0 saturated carbocycles. The Hall–Kier alpha value is -1.72. The van der Waals surface area contributed by atoms with Gasteiger partial charge in [0.05, 0.1) is 6.26 Å². The van der Waals surface area contributed by atoms with E-state index in [9.17, 15) is 18.5 Å². The molecule has 3 heterocycles. The van der Waals surface area contributed by atoms with Gasteiger partial charge in [0.25, 0.3) is 4.96 Å². The molecule has 1 saturated heterocycles. The van der Waals surface area contributed by atoms with E-state index in [1.165, 1.54) is 26.3 Å². The number of anilines is 1. The van der Waals surface area contributed by atoms with Crippen molar-refractivity contribution in [3.8, 4) is 0 Å². The summed E-state index contributed by atoms with van der Waals surface area (Å²) < 4.78 is 26.1. The van der Waals surface area contributed by atoms with E-state index in [4.69, 9.17) is 0 Å². The molecule has 0 amide bonds. The summed E-state index contributed by atoms with van der Waals surface area (Å²) in [7, 11) is -3.26. The Labute approximate surface area is 130 Å². The molecule has 9 nitrogen and oxygen atoms in total. The van der Waals surface area contributed by atoms with Crippen LogP contribution >= 0.6 is 11.3 Å². The monoisotopic (exact) mass is 345 g/mol. The van der Waals surface area contributed by atoms with E-state index in [1.54, 1.807) is 11.6 Å². The summed E-state index contributed by atoms with van der Waals surface area (Å²) in [5, 5.41) is 16.0. The maximum absolute atomic E-state index is 11.6. The van der Waals surface area contributed by atoms with Crippen LogP contribution in [0.4, 0.5) is 11.6 Å². The number of nitrogens with zero attached hydrogens (tertiary/aromatic N) is 4. The molecule has 1 unspecified atom stereocenters. The quantitative estimate of drug-likeness (QED) is 0.657. The average Bonchev–Trinajstić information content (AvgIpc) is 2.97. The molecule has 1 aliphatic heterocycles. The Balaban J connectivity index is 1.85. The van der Waals surface area contributed by atoms with Crippen molar-refractivity contribution in [1.82, 2.24) is 13.7 Å². The Kier molecular flexibility index (Phi) is 3.78. The van der Waals surface area contributed by atoms with Gasteiger partial charge in [-0.15, -0.1) is 0 Å². The maximum Gasteiger partial charge on any atom is 0.372 e.